The lowest BCUT2D eigenvalue weighted by atomic mass is 9.93. The molecule has 16 heavy (non-hydrogen) atoms. The quantitative estimate of drug-likeness (QED) is 0.886. The highest BCUT2D eigenvalue weighted by atomic mass is 35.5. The predicted octanol–water partition coefficient (Wildman–Crippen LogP) is 3.30. The van der Waals surface area contributed by atoms with Crippen molar-refractivity contribution in [3.8, 4) is 5.75 Å². The molecule has 0 radical (unpaired) electrons. The van der Waals surface area contributed by atoms with E-state index in [1.807, 2.05) is 6.07 Å². The van der Waals surface area contributed by atoms with Crippen molar-refractivity contribution in [1.29, 1.82) is 0 Å². The number of methoxy groups -OCH3 is 1. The number of nitrogens with two attached hydrogens (primary N) is 1. The summed E-state index contributed by atoms with van der Waals surface area (Å²) in [7, 11) is 1.45. The molecule has 92 valence electrons. The van der Waals surface area contributed by atoms with Crippen LogP contribution in [0.25, 0.3) is 0 Å². The van der Waals surface area contributed by atoms with Gasteiger partial charge in [-0.2, -0.15) is 0 Å². The van der Waals surface area contributed by atoms with E-state index in [9.17, 15) is 4.39 Å². The van der Waals surface area contributed by atoms with Gasteiger partial charge in [-0.3, -0.25) is 0 Å². The Labute approximate surface area is 102 Å². The summed E-state index contributed by atoms with van der Waals surface area (Å²) in [6.07, 6.45) is 0.981. The van der Waals surface area contributed by atoms with E-state index in [-0.39, 0.29) is 30.0 Å². The Morgan fingerprint density at radius 2 is 2.06 bits per heavy atom. The maximum absolute atomic E-state index is 13.4. The Balaban J connectivity index is 0.00000225. The molecule has 0 saturated heterocycles. The number of halogens is 2. The first-order valence-corrected chi connectivity index (χ1v) is 5.19. The number of rotatable bonds is 4. The lowest BCUT2D eigenvalue weighted by molar-refractivity contribution is 0.384. The Morgan fingerprint density at radius 3 is 2.50 bits per heavy atom. The average Bonchev–Trinajstić information content (AvgIpc) is 2.26. The number of benzene rings is 1. The van der Waals surface area contributed by atoms with E-state index >= 15 is 0 Å². The summed E-state index contributed by atoms with van der Waals surface area (Å²) in [5.74, 6) is 0.252. The second-order valence-electron chi connectivity index (χ2n) is 3.81. The van der Waals surface area contributed by atoms with Gasteiger partial charge in [-0.1, -0.05) is 26.3 Å². The van der Waals surface area contributed by atoms with Gasteiger partial charge in [0.25, 0.3) is 0 Å². The van der Waals surface area contributed by atoms with Crippen LogP contribution in [0.1, 0.15) is 31.9 Å². The molecule has 1 aromatic carbocycles. The molecule has 0 amide bonds. The molecule has 2 atom stereocenters. The monoisotopic (exact) mass is 247 g/mol. The van der Waals surface area contributed by atoms with Gasteiger partial charge < -0.3 is 10.5 Å². The summed E-state index contributed by atoms with van der Waals surface area (Å²) in [5.41, 5.74) is 6.82. The third kappa shape index (κ3) is 3.35. The fourth-order valence-electron chi connectivity index (χ4n) is 1.47. The van der Waals surface area contributed by atoms with Gasteiger partial charge in [-0.15, -0.1) is 12.4 Å². The summed E-state index contributed by atoms with van der Waals surface area (Å²) in [5, 5.41) is 0. The van der Waals surface area contributed by atoms with Crippen LogP contribution in [0, 0.1) is 11.7 Å². The third-order valence-corrected chi connectivity index (χ3v) is 2.82. The molecule has 1 aromatic rings. The van der Waals surface area contributed by atoms with E-state index in [0.717, 1.165) is 12.0 Å². The van der Waals surface area contributed by atoms with Crippen LogP contribution in [-0.2, 0) is 0 Å². The molecule has 4 heteroatoms. The van der Waals surface area contributed by atoms with Crippen LogP contribution in [0.3, 0.4) is 0 Å². The van der Waals surface area contributed by atoms with Gasteiger partial charge in [0.1, 0.15) is 0 Å². The number of ether oxygens (including phenoxy) is 1. The molecule has 0 aliphatic carbocycles. The molecule has 0 saturated carbocycles. The second-order valence-corrected chi connectivity index (χ2v) is 3.81. The molecule has 0 spiro atoms. The summed E-state index contributed by atoms with van der Waals surface area (Å²) in [6.45, 7) is 4.14. The Bertz CT molecular complexity index is 333. The molecule has 0 aromatic heterocycles. The Kier molecular flexibility index (Phi) is 6.38. The van der Waals surface area contributed by atoms with Gasteiger partial charge in [0.2, 0.25) is 0 Å². The van der Waals surface area contributed by atoms with Crippen LogP contribution in [0.15, 0.2) is 18.2 Å². The summed E-state index contributed by atoms with van der Waals surface area (Å²) in [6, 6.07) is 4.77. The van der Waals surface area contributed by atoms with Crippen molar-refractivity contribution in [2.24, 2.45) is 11.7 Å². The van der Waals surface area contributed by atoms with Crippen LogP contribution in [-0.4, -0.2) is 7.11 Å². The molecule has 0 fully saturated rings. The minimum Gasteiger partial charge on any atom is -0.494 e. The first kappa shape index (κ1) is 15.2. The smallest absolute Gasteiger partial charge is 0.165 e. The van der Waals surface area contributed by atoms with Crippen LogP contribution in [0.5, 0.6) is 5.75 Å². The Morgan fingerprint density at radius 1 is 1.44 bits per heavy atom. The first-order chi connectivity index (χ1) is 7.10. The molecule has 2 N–H and O–H groups in total. The standard InChI is InChI=1S/C12H18FNO.ClH/c1-4-8(2)12(14)9-5-6-11(15-3)10(13)7-9;/h5-8,12H,4,14H2,1-3H3;1H/t8?,12-;/m1./s1. The van der Waals surface area contributed by atoms with E-state index in [4.69, 9.17) is 10.5 Å². The van der Waals surface area contributed by atoms with Gasteiger partial charge >= 0.3 is 0 Å². The third-order valence-electron chi connectivity index (χ3n) is 2.82. The van der Waals surface area contributed by atoms with Crippen molar-refractivity contribution in [1.82, 2.24) is 0 Å². The first-order valence-electron chi connectivity index (χ1n) is 5.19. The van der Waals surface area contributed by atoms with E-state index in [2.05, 4.69) is 13.8 Å². The SMILES string of the molecule is CCC(C)[C@@H](N)c1ccc(OC)c(F)c1.Cl. The maximum atomic E-state index is 13.4. The molecule has 0 heterocycles. The van der Waals surface area contributed by atoms with Crippen LogP contribution >= 0.6 is 12.4 Å². The zero-order valence-corrected chi connectivity index (χ0v) is 10.7. The highest BCUT2D eigenvalue weighted by molar-refractivity contribution is 5.85. The maximum Gasteiger partial charge on any atom is 0.165 e. The van der Waals surface area contributed by atoms with Gasteiger partial charge in [0.05, 0.1) is 7.11 Å². The normalized spacial score (nSPS) is 13.8. The number of hydrogen-bond donors (Lipinski definition) is 1. The van der Waals surface area contributed by atoms with Crippen molar-refractivity contribution >= 4 is 12.4 Å². The van der Waals surface area contributed by atoms with E-state index in [0.29, 0.717) is 5.92 Å². The van der Waals surface area contributed by atoms with Crippen molar-refractivity contribution in [2.45, 2.75) is 26.3 Å². The van der Waals surface area contributed by atoms with Gasteiger partial charge in [0, 0.05) is 6.04 Å². The van der Waals surface area contributed by atoms with Crippen molar-refractivity contribution in [2.75, 3.05) is 7.11 Å². The van der Waals surface area contributed by atoms with Gasteiger partial charge in [0.15, 0.2) is 11.6 Å². The van der Waals surface area contributed by atoms with Crippen LogP contribution in [0.2, 0.25) is 0 Å². The average molecular weight is 248 g/mol. The fourth-order valence-corrected chi connectivity index (χ4v) is 1.47. The zero-order valence-electron chi connectivity index (χ0n) is 9.87. The van der Waals surface area contributed by atoms with Crippen molar-refractivity contribution in [3.63, 3.8) is 0 Å². The molecular formula is C12H19ClFNO. The molecule has 2 nitrogen and oxygen atoms in total. The van der Waals surface area contributed by atoms with E-state index in [1.165, 1.54) is 13.2 Å². The van der Waals surface area contributed by atoms with Crippen LogP contribution in [0.4, 0.5) is 4.39 Å². The molecule has 1 unspecified atom stereocenters. The molecule has 0 aliphatic rings. The fraction of sp³-hybridized carbons (Fsp3) is 0.500. The number of hydrogen-bond acceptors (Lipinski definition) is 2. The molecule has 0 aliphatic heterocycles. The lowest BCUT2D eigenvalue weighted by Gasteiger charge is -2.19. The summed E-state index contributed by atoms with van der Waals surface area (Å²) < 4.78 is 18.2. The molecule has 1 rings (SSSR count). The summed E-state index contributed by atoms with van der Waals surface area (Å²) >= 11 is 0. The Hall–Kier alpha value is -0.800. The topological polar surface area (TPSA) is 35.2 Å². The zero-order chi connectivity index (χ0) is 11.4. The molecule has 0 bridgehead atoms. The van der Waals surface area contributed by atoms with Crippen LogP contribution < -0.4 is 10.5 Å². The van der Waals surface area contributed by atoms with Crippen molar-refractivity contribution < 1.29 is 9.13 Å². The van der Waals surface area contributed by atoms with Gasteiger partial charge in [-0.25, -0.2) is 4.39 Å². The highest BCUT2D eigenvalue weighted by Crippen LogP contribution is 2.25. The predicted molar refractivity (Wildman–Crippen MR) is 66.6 cm³/mol. The minimum absolute atomic E-state index is 0. The minimum atomic E-state index is -0.353. The lowest BCUT2D eigenvalue weighted by Crippen LogP contribution is -2.18. The van der Waals surface area contributed by atoms with Crippen molar-refractivity contribution in [3.05, 3.63) is 29.6 Å². The van der Waals surface area contributed by atoms with E-state index in [1.54, 1.807) is 6.07 Å². The second kappa shape index (κ2) is 6.71. The molecular weight excluding hydrogens is 229 g/mol. The van der Waals surface area contributed by atoms with E-state index < -0.39 is 0 Å². The largest absolute Gasteiger partial charge is 0.494 e. The summed E-state index contributed by atoms with van der Waals surface area (Å²) in [4.78, 5) is 0. The highest BCUT2D eigenvalue weighted by Gasteiger charge is 2.14. The van der Waals surface area contributed by atoms with Gasteiger partial charge in [-0.05, 0) is 23.6 Å².